The van der Waals surface area contributed by atoms with Gasteiger partial charge >= 0.3 is 0 Å². The first-order valence-electron chi connectivity index (χ1n) is 4.95. The van der Waals surface area contributed by atoms with Crippen LogP contribution in [0.3, 0.4) is 0 Å². The lowest BCUT2D eigenvalue weighted by Crippen LogP contribution is -1.95. The molecule has 0 bridgehead atoms. The summed E-state index contributed by atoms with van der Waals surface area (Å²) in [6.45, 7) is 1.77. The van der Waals surface area contributed by atoms with E-state index in [0.717, 1.165) is 11.8 Å². The Morgan fingerprint density at radius 3 is 2.59 bits per heavy atom. The first-order chi connectivity index (χ1) is 8.13. The maximum absolute atomic E-state index is 13.8. The Balaban J connectivity index is 2.66. The predicted octanol–water partition coefficient (Wildman–Crippen LogP) is 3.21. The number of aromatic nitrogens is 1. The summed E-state index contributed by atoms with van der Waals surface area (Å²) in [5.74, 6) is -1.73. The van der Waals surface area contributed by atoms with Crippen LogP contribution in [0.5, 0.6) is 0 Å². The summed E-state index contributed by atoms with van der Waals surface area (Å²) < 4.78 is 27.0. The molecule has 0 aliphatic carbocycles. The Morgan fingerprint density at radius 2 is 1.94 bits per heavy atom. The van der Waals surface area contributed by atoms with Crippen molar-refractivity contribution in [1.82, 2.24) is 4.98 Å². The van der Waals surface area contributed by atoms with Crippen molar-refractivity contribution in [1.29, 1.82) is 5.26 Å². The minimum atomic E-state index is -0.870. The van der Waals surface area contributed by atoms with Gasteiger partial charge in [-0.15, -0.1) is 0 Å². The van der Waals surface area contributed by atoms with E-state index in [1.54, 1.807) is 25.1 Å². The molecule has 0 saturated heterocycles. The second-order valence-electron chi connectivity index (χ2n) is 3.56. The number of rotatable bonds is 1. The largest absolute Gasteiger partial charge is 0.253 e. The van der Waals surface area contributed by atoms with Crippen LogP contribution in [0.2, 0.25) is 0 Å². The van der Waals surface area contributed by atoms with Crippen molar-refractivity contribution >= 4 is 0 Å². The van der Waals surface area contributed by atoms with Crippen LogP contribution in [0.4, 0.5) is 8.78 Å². The standard InChI is InChI=1S/C13H8F2N2/c1-8-3-2-4-12(17-8)9-5-6-11(14)10(7-16)13(9)15/h2-6H,1H3. The van der Waals surface area contributed by atoms with Gasteiger partial charge < -0.3 is 0 Å². The van der Waals surface area contributed by atoms with Crippen LogP contribution in [0.15, 0.2) is 30.3 Å². The molecule has 1 aromatic heterocycles. The molecule has 0 saturated carbocycles. The van der Waals surface area contributed by atoms with Crippen molar-refractivity contribution < 1.29 is 8.78 Å². The lowest BCUT2D eigenvalue weighted by molar-refractivity contribution is 0.579. The fraction of sp³-hybridized carbons (Fsp3) is 0.0769. The highest BCUT2D eigenvalue weighted by atomic mass is 19.1. The summed E-state index contributed by atoms with van der Waals surface area (Å²) in [6.07, 6.45) is 0. The zero-order chi connectivity index (χ0) is 12.4. The van der Waals surface area contributed by atoms with Gasteiger partial charge in [-0.05, 0) is 31.2 Å². The van der Waals surface area contributed by atoms with Crippen LogP contribution in [-0.2, 0) is 0 Å². The highest BCUT2D eigenvalue weighted by Gasteiger charge is 2.15. The van der Waals surface area contributed by atoms with Crippen LogP contribution in [-0.4, -0.2) is 4.98 Å². The molecule has 0 atom stereocenters. The van der Waals surface area contributed by atoms with Crippen molar-refractivity contribution in [3.8, 4) is 17.3 Å². The van der Waals surface area contributed by atoms with Gasteiger partial charge in [-0.1, -0.05) is 6.07 Å². The molecule has 0 radical (unpaired) electrons. The maximum Gasteiger partial charge on any atom is 0.153 e. The lowest BCUT2D eigenvalue weighted by Gasteiger charge is -2.05. The van der Waals surface area contributed by atoms with E-state index >= 15 is 0 Å². The molecule has 4 heteroatoms. The molecule has 2 nitrogen and oxygen atoms in total. The van der Waals surface area contributed by atoms with Gasteiger partial charge in [0.2, 0.25) is 0 Å². The van der Waals surface area contributed by atoms with Crippen molar-refractivity contribution in [2.75, 3.05) is 0 Å². The summed E-state index contributed by atoms with van der Waals surface area (Å²) in [4.78, 5) is 4.14. The van der Waals surface area contributed by atoms with Gasteiger partial charge in [0.1, 0.15) is 17.4 Å². The minimum absolute atomic E-state index is 0.131. The number of aryl methyl sites for hydroxylation is 1. The molecule has 17 heavy (non-hydrogen) atoms. The molecule has 2 rings (SSSR count). The third-order valence-electron chi connectivity index (χ3n) is 2.37. The van der Waals surface area contributed by atoms with Crippen LogP contribution in [0, 0.1) is 29.9 Å². The molecule has 0 spiro atoms. The van der Waals surface area contributed by atoms with E-state index in [0.29, 0.717) is 5.69 Å². The second-order valence-corrected chi connectivity index (χ2v) is 3.56. The number of hydrogen-bond acceptors (Lipinski definition) is 2. The van der Waals surface area contributed by atoms with Gasteiger partial charge in [-0.25, -0.2) is 8.78 Å². The second kappa shape index (κ2) is 4.30. The van der Waals surface area contributed by atoms with Gasteiger partial charge in [0.15, 0.2) is 5.82 Å². The first-order valence-corrected chi connectivity index (χ1v) is 4.95. The Kier molecular flexibility index (Phi) is 2.84. The van der Waals surface area contributed by atoms with E-state index < -0.39 is 17.2 Å². The zero-order valence-electron chi connectivity index (χ0n) is 9.04. The number of hydrogen-bond donors (Lipinski definition) is 0. The third kappa shape index (κ3) is 2.00. The Bertz CT molecular complexity index is 615. The molecule has 0 fully saturated rings. The number of nitrogens with zero attached hydrogens (tertiary/aromatic N) is 2. The van der Waals surface area contributed by atoms with E-state index in [-0.39, 0.29) is 5.56 Å². The Morgan fingerprint density at radius 1 is 1.18 bits per heavy atom. The Hall–Kier alpha value is -2.28. The summed E-state index contributed by atoms with van der Waals surface area (Å²) in [7, 11) is 0. The van der Waals surface area contributed by atoms with E-state index in [2.05, 4.69) is 4.98 Å². The van der Waals surface area contributed by atoms with Gasteiger partial charge in [0.25, 0.3) is 0 Å². The van der Waals surface area contributed by atoms with Crippen molar-refractivity contribution in [2.24, 2.45) is 0 Å². The summed E-state index contributed by atoms with van der Waals surface area (Å²) in [6, 6.07) is 8.98. The molecule has 0 unspecified atom stereocenters. The van der Waals surface area contributed by atoms with E-state index in [9.17, 15) is 8.78 Å². The van der Waals surface area contributed by atoms with E-state index in [1.165, 1.54) is 12.1 Å². The normalized spacial score (nSPS) is 10.0. The van der Waals surface area contributed by atoms with Crippen molar-refractivity contribution in [3.05, 3.63) is 53.2 Å². The monoisotopic (exact) mass is 230 g/mol. The first kappa shape index (κ1) is 11.2. The third-order valence-corrected chi connectivity index (χ3v) is 2.37. The average molecular weight is 230 g/mol. The number of nitriles is 1. The van der Waals surface area contributed by atoms with Crippen molar-refractivity contribution in [2.45, 2.75) is 6.92 Å². The molecule has 2 aromatic rings. The fourth-order valence-electron chi connectivity index (χ4n) is 1.55. The van der Waals surface area contributed by atoms with Gasteiger partial charge in [0.05, 0.1) is 5.69 Å². The van der Waals surface area contributed by atoms with Gasteiger partial charge in [-0.2, -0.15) is 5.26 Å². The topological polar surface area (TPSA) is 36.7 Å². The molecular formula is C13H8F2N2. The zero-order valence-corrected chi connectivity index (χ0v) is 9.04. The summed E-state index contributed by atoms with van der Waals surface area (Å²) in [5, 5.41) is 8.67. The van der Waals surface area contributed by atoms with Crippen LogP contribution in [0.1, 0.15) is 11.3 Å². The average Bonchev–Trinajstić information content (AvgIpc) is 2.29. The molecule has 1 aromatic carbocycles. The number of benzene rings is 1. The maximum atomic E-state index is 13.8. The number of halogens is 2. The van der Waals surface area contributed by atoms with Gasteiger partial charge in [0, 0.05) is 11.3 Å². The molecule has 1 heterocycles. The quantitative estimate of drug-likeness (QED) is 0.754. The molecule has 84 valence electrons. The SMILES string of the molecule is Cc1cccc(-c2ccc(F)c(C#N)c2F)n1. The Labute approximate surface area is 97.2 Å². The smallest absolute Gasteiger partial charge is 0.153 e. The summed E-state index contributed by atoms with van der Waals surface area (Å²) >= 11 is 0. The fourth-order valence-corrected chi connectivity index (χ4v) is 1.55. The highest BCUT2D eigenvalue weighted by Crippen LogP contribution is 2.24. The van der Waals surface area contributed by atoms with Crippen LogP contribution < -0.4 is 0 Å². The predicted molar refractivity (Wildman–Crippen MR) is 59.0 cm³/mol. The molecule has 0 N–H and O–H groups in total. The van der Waals surface area contributed by atoms with Crippen LogP contribution in [0.25, 0.3) is 11.3 Å². The van der Waals surface area contributed by atoms with E-state index in [1.807, 2.05) is 0 Å². The number of pyridine rings is 1. The van der Waals surface area contributed by atoms with Crippen molar-refractivity contribution in [3.63, 3.8) is 0 Å². The molecule has 0 amide bonds. The lowest BCUT2D eigenvalue weighted by atomic mass is 10.1. The minimum Gasteiger partial charge on any atom is -0.253 e. The van der Waals surface area contributed by atoms with E-state index in [4.69, 9.17) is 5.26 Å². The molecule has 0 aliphatic rings. The highest BCUT2D eigenvalue weighted by molar-refractivity contribution is 5.62. The molecular weight excluding hydrogens is 222 g/mol. The molecule has 0 aliphatic heterocycles. The van der Waals surface area contributed by atoms with Gasteiger partial charge in [-0.3, -0.25) is 4.98 Å². The van der Waals surface area contributed by atoms with Crippen LogP contribution >= 0.6 is 0 Å². The summed E-state index contributed by atoms with van der Waals surface area (Å²) in [5.41, 5.74) is 0.668.